The molecule has 1 N–H and O–H groups in total. The molecule has 1 aromatic rings. The largest absolute Gasteiger partial charge is 0.385 e. The number of pyridine rings is 1. The Morgan fingerprint density at radius 3 is 2.84 bits per heavy atom. The van der Waals surface area contributed by atoms with Gasteiger partial charge in [-0.05, 0) is 12.5 Å². The summed E-state index contributed by atoms with van der Waals surface area (Å²) in [4.78, 5) is 5.95. The number of hydrogen-bond donors (Lipinski definition) is 1. The molecule has 1 heterocycles. The third-order valence-corrected chi connectivity index (χ3v) is 2.86. The predicted molar refractivity (Wildman–Crippen MR) is 75.9 cm³/mol. The minimum Gasteiger partial charge on any atom is -0.385 e. The van der Waals surface area contributed by atoms with Gasteiger partial charge >= 0.3 is 0 Å². The molecule has 0 amide bonds. The third kappa shape index (κ3) is 5.12. The minimum absolute atomic E-state index is 0.240. The van der Waals surface area contributed by atoms with E-state index in [1.807, 2.05) is 25.8 Å². The van der Waals surface area contributed by atoms with Crippen molar-refractivity contribution in [1.82, 2.24) is 10.3 Å². The van der Waals surface area contributed by atoms with Gasteiger partial charge in [-0.25, -0.2) is 9.37 Å². The fraction of sp³-hybridized carbons (Fsp3) is 0.643. The van der Waals surface area contributed by atoms with Crippen molar-refractivity contribution in [1.29, 1.82) is 0 Å². The normalized spacial score (nSPS) is 11.1. The molecular formula is C14H24FN3O. The highest BCUT2D eigenvalue weighted by molar-refractivity contribution is 5.42. The van der Waals surface area contributed by atoms with Crippen LogP contribution in [-0.2, 0) is 11.3 Å². The van der Waals surface area contributed by atoms with Crippen molar-refractivity contribution in [3.63, 3.8) is 0 Å². The number of rotatable bonds is 8. The number of ether oxygens (including phenoxy) is 1. The van der Waals surface area contributed by atoms with Gasteiger partial charge in [0.2, 0.25) is 0 Å². The van der Waals surface area contributed by atoms with Crippen LogP contribution in [0.15, 0.2) is 12.3 Å². The first-order chi connectivity index (χ1) is 9.06. The molecule has 0 fully saturated rings. The standard InChI is InChI=1S/C14H24FN3O/c1-11(2)17-10-12-6-7-16-14(13(12)15)18(3)8-5-9-19-4/h6-7,11,17H,5,8-10H2,1-4H3. The molecule has 0 spiro atoms. The number of nitrogens with zero attached hydrogens (tertiary/aromatic N) is 2. The average molecular weight is 269 g/mol. The van der Waals surface area contributed by atoms with E-state index in [9.17, 15) is 4.39 Å². The van der Waals surface area contributed by atoms with Crippen molar-refractivity contribution in [2.75, 3.05) is 32.2 Å². The summed E-state index contributed by atoms with van der Waals surface area (Å²) in [6.45, 7) is 5.98. The lowest BCUT2D eigenvalue weighted by Gasteiger charge is -2.20. The number of anilines is 1. The van der Waals surface area contributed by atoms with E-state index in [4.69, 9.17) is 4.74 Å². The predicted octanol–water partition coefficient (Wildman–Crippen LogP) is 2.19. The lowest BCUT2D eigenvalue weighted by molar-refractivity contribution is 0.196. The molecule has 1 rings (SSSR count). The van der Waals surface area contributed by atoms with Gasteiger partial charge in [0.25, 0.3) is 0 Å². The van der Waals surface area contributed by atoms with Crippen molar-refractivity contribution >= 4 is 5.82 Å². The molecule has 1 aromatic heterocycles. The molecule has 0 aliphatic carbocycles. The van der Waals surface area contributed by atoms with Gasteiger partial charge in [-0.3, -0.25) is 0 Å². The lowest BCUT2D eigenvalue weighted by Crippen LogP contribution is -2.25. The molecule has 108 valence electrons. The van der Waals surface area contributed by atoms with Crippen molar-refractivity contribution in [2.24, 2.45) is 0 Å². The first-order valence-corrected chi connectivity index (χ1v) is 6.63. The highest BCUT2D eigenvalue weighted by Crippen LogP contribution is 2.18. The van der Waals surface area contributed by atoms with E-state index < -0.39 is 0 Å². The fourth-order valence-corrected chi connectivity index (χ4v) is 1.74. The summed E-state index contributed by atoms with van der Waals surface area (Å²) in [6, 6.07) is 2.05. The molecule has 0 atom stereocenters. The second-order valence-electron chi connectivity index (χ2n) is 4.91. The first kappa shape index (κ1) is 15.9. The molecule has 0 saturated heterocycles. The number of halogens is 1. The second-order valence-corrected chi connectivity index (χ2v) is 4.91. The van der Waals surface area contributed by atoms with Gasteiger partial charge < -0.3 is 15.0 Å². The number of nitrogens with one attached hydrogen (secondary N) is 1. The van der Waals surface area contributed by atoms with Gasteiger partial charge in [0.15, 0.2) is 11.6 Å². The summed E-state index contributed by atoms with van der Waals surface area (Å²) in [5.74, 6) is 0.162. The quantitative estimate of drug-likeness (QED) is 0.734. The maximum Gasteiger partial charge on any atom is 0.170 e. The van der Waals surface area contributed by atoms with Crippen molar-refractivity contribution < 1.29 is 9.13 Å². The summed E-state index contributed by atoms with van der Waals surface area (Å²) in [5.41, 5.74) is 0.650. The Morgan fingerprint density at radius 2 is 2.21 bits per heavy atom. The summed E-state index contributed by atoms with van der Waals surface area (Å²) >= 11 is 0. The monoisotopic (exact) mass is 269 g/mol. The Balaban J connectivity index is 2.70. The SMILES string of the molecule is COCCCN(C)c1nccc(CNC(C)C)c1F. The van der Waals surface area contributed by atoms with Gasteiger partial charge in [-0.1, -0.05) is 13.8 Å². The Hall–Kier alpha value is -1.20. The Bertz CT molecular complexity index is 385. The van der Waals surface area contributed by atoms with E-state index >= 15 is 0 Å². The van der Waals surface area contributed by atoms with E-state index in [2.05, 4.69) is 10.3 Å². The zero-order chi connectivity index (χ0) is 14.3. The van der Waals surface area contributed by atoms with E-state index in [-0.39, 0.29) is 5.82 Å². The molecule has 0 aromatic carbocycles. The number of hydrogen-bond acceptors (Lipinski definition) is 4. The van der Waals surface area contributed by atoms with Crippen molar-refractivity contribution in [3.8, 4) is 0 Å². The zero-order valence-corrected chi connectivity index (χ0v) is 12.2. The number of aromatic nitrogens is 1. The van der Waals surface area contributed by atoms with Gasteiger partial charge in [-0.15, -0.1) is 0 Å². The molecule has 5 heteroatoms. The molecule has 0 saturated carbocycles. The highest BCUT2D eigenvalue weighted by Gasteiger charge is 2.13. The molecule has 19 heavy (non-hydrogen) atoms. The Labute approximate surface area is 115 Å². The van der Waals surface area contributed by atoms with Crippen LogP contribution in [0, 0.1) is 5.82 Å². The van der Waals surface area contributed by atoms with Crippen LogP contribution >= 0.6 is 0 Å². The molecule has 4 nitrogen and oxygen atoms in total. The summed E-state index contributed by atoms with van der Waals surface area (Å²) in [5, 5.41) is 3.21. The van der Waals surface area contributed by atoms with E-state index in [0.717, 1.165) is 13.0 Å². The topological polar surface area (TPSA) is 37.4 Å². The molecule has 0 aliphatic heterocycles. The second kappa shape index (κ2) is 8.07. The average Bonchev–Trinajstić information content (AvgIpc) is 2.37. The van der Waals surface area contributed by atoms with Crippen LogP contribution in [0.25, 0.3) is 0 Å². The van der Waals surface area contributed by atoms with Gasteiger partial charge in [0.1, 0.15) is 0 Å². The first-order valence-electron chi connectivity index (χ1n) is 6.63. The van der Waals surface area contributed by atoms with Crippen LogP contribution in [0.2, 0.25) is 0 Å². The van der Waals surface area contributed by atoms with Crippen LogP contribution in [0.3, 0.4) is 0 Å². The zero-order valence-electron chi connectivity index (χ0n) is 12.2. The maximum absolute atomic E-state index is 14.3. The van der Waals surface area contributed by atoms with Gasteiger partial charge in [0.05, 0.1) is 0 Å². The van der Waals surface area contributed by atoms with E-state index in [1.165, 1.54) is 0 Å². The summed E-state index contributed by atoms with van der Waals surface area (Å²) in [7, 11) is 3.51. The Morgan fingerprint density at radius 1 is 1.47 bits per heavy atom. The van der Waals surface area contributed by atoms with Crippen molar-refractivity contribution in [2.45, 2.75) is 32.9 Å². The molecule has 0 radical (unpaired) electrons. The van der Waals surface area contributed by atoms with Crippen LogP contribution in [0.5, 0.6) is 0 Å². The van der Waals surface area contributed by atoms with Crippen LogP contribution in [0.1, 0.15) is 25.8 Å². The van der Waals surface area contributed by atoms with Crippen molar-refractivity contribution in [3.05, 3.63) is 23.6 Å². The van der Waals surface area contributed by atoms with Crippen LogP contribution < -0.4 is 10.2 Å². The van der Waals surface area contributed by atoms with E-state index in [0.29, 0.717) is 30.6 Å². The van der Waals surface area contributed by atoms with Crippen LogP contribution in [0.4, 0.5) is 10.2 Å². The lowest BCUT2D eigenvalue weighted by atomic mass is 10.2. The molecular weight excluding hydrogens is 245 g/mol. The molecule has 0 aliphatic rings. The molecule has 0 bridgehead atoms. The summed E-state index contributed by atoms with van der Waals surface area (Å²) in [6.07, 6.45) is 2.51. The van der Waals surface area contributed by atoms with Gasteiger partial charge in [0, 0.05) is 51.7 Å². The third-order valence-electron chi connectivity index (χ3n) is 2.86. The minimum atomic E-state index is -0.240. The van der Waals surface area contributed by atoms with Crippen LogP contribution in [-0.4, -0.2) is 38.3 Å². The maximum atomic E-state index is 14.3. The Kier molecular flexibility index (Phi) is 6.73. The van der Waals surface area contributed by atoms with E-state index in [1.54, 1.807) is 19.4 Å². The number of methoxy groups -OCH3 is 1. The smallest absolute Gasteiger partial charge is 0.170 e. The fourth-order valence-electron chi connectivity index (χ4n) is 1.74. The summed E-state index contributed by atoms with van der Waals surface area (Å²) < 4.78 is 19.3. The highest BCUT2D eigenvalue weighted by atomic mass is 19.1. The van der Waals surface area contributed by atoms with Gasteiger partial charge in [-0.2, -0.15) is 0 Å². The molecule has 0 unspecified atom stereocenters.